The van der Waals surface area contributed by atoms with Crippen molar-refractivity contribution in [2.75, 3.05) is 11.1 Å². The van der Waals surface area contributed by atoms with Gasteiger partial charge in [-0.15, -0.1) is 10.2 Å². The molecule has 0 bridgehead atoms. The van der Waals surface area contributed by atoms with Crippen LogP contribution in [-0.4, -0.2) is 26.4 Å². The molecule has 0 aliphatic carbocycles. The fraction of sp³-hybridized carbons (Fsp3) is 0.0690. The maximum Gasteiger partial charge on any atom is 0.234 e. The Morgan fingerprint density at radius 3 is 2.35 bits per heavy atom. The zero-order valence-corrected chi connectivity index (χ0v) is 21.5. The lowest BCUT2D eigenvalue weighted by Crippen LogP contribution is -2.14. The molecule has 1 amide bonds. The van der Waals surface area contributed by atoms with Gasteiger partial charge in [-0.25, -0.2) is 0 Å². The summed E-state index contributed by atoms with van der Waals surface area (Å²) in [6.07, 6.45) is 0. The first-order chi connectivity index (χ1) is 18.0. The highest BCUT2D eigenvalue weighted by Crippen LogP contribution is 2.29. The monoisotopic (exact) mass is 526 g/mol. The lowest BCUT2D eigenvalue weighted by molar-refractivity contribution is -0.113. The molecule has 5 rings (SSSR count). The summed E-state index contributed by atoms with van der Waals surface area (Å²) in [5, 5.41) is 13.0. The molecule has 0 atom stereocenters. The van der Waals surface area contributed by atoms with E-state index in [2.05, 4.69) is 21.6 Å². The first kappa shape index (κ1) is 24.6. The van der Waals surface area contributed by atoms with Crippen LogP contribution in [0.2, 0.25) is 5.02 Å². The van der Waals surface area contributed by atoms with E-state index in [9.17, 15) is 4.79 Å². The summed E-state index contributed by atoms with van der Waals surface area (Å²) < 4.78 is 7.75. The zero-order chi connectivity index (χ0) is 25.6. The van der Waals surface area contributed by atoms with Crippen molar-refractivity contribution in [3.63, 3.8) is 0 Å². The van der Waals surface area contributed by atoms with Crippen LogP contribution in [0.15, 0.2) is 108 Å². The number of para-hydroxylation sites is 1. The van der Waals surface area contributed by atoms with Crippen LogP contribution in [0.3, 0.4) is 0 Å². The number of carbonyl (C=O) groups is 1. The average Bonchev–Trinajstić information content (AvgIpc) is 3.34. The van der Waals surface area contributed by atoms with Gasteiger partial charge in [-0.05, 0) is 73.7 Å². The topological polar surface area (TPSA) is 69.0 Å². The molecule has 0 fully saturated rings. The first-order valence-corrected chi connectivity index (χ1v) is 13.0. The van der Waals surface area contributed by atoms with Crippen LogP contribution >= 0.6 is 23.4 Å². The number of rotatable bonds is 8. The van der Waals surface area contributed by atoms with Crippen LogP contribution in [0.25, 0.3) is 17.1 Å². The number of ether oxygens (including phenoxy) is 1. The number of benzene rings is 4. The number of aromatic nitrogens is 3. The molecule has 4 aromatic carbocycles. The van der Waals surface area contributed by atoms with Gasteiger partial charge < -0.3 is 10.1 Å². The van der Waals surface area contributed by atoms with Gasteiger partial charge in [0.25, 0.3) is 0 Å². The summed E-state index contributed by atoms with van der Waals surface area (Å²) in [6, 6.07) is 32.4. The van der Waals surface area contributed by atoms with Crippen LogP contribution in [0.1, 0.15) is 5.56 Å². The summed E-state index contributed by atoms with van der Waals surface area (Å²) in [7, 11) is 0. The van der Waals surface area contributed by atoms with Crippen molar-refractivity contribution in [1.82, 2.24) is 14.8 Å². The molecule has 0 aliphatic rings. The zero-order valence-electron chi connectivity index (χ0n) is 20.0. The van der Waals surface area contributed by atoms with E-state index < -0.39 is 0 Å². The maximum atomic E-state index is 12.7. The van der Waals surface area contributed by atoms with Crippen LogP contribution in [-0.2, 0) is 4.79 Å². The second kappa shape index (κ2) is 11.3. The van der Waals surface area contributed by atoms with Gasteiger partial charge in [0.15, 0.2) is 11.0 Å². The predicted octanol–water partition coefficient (Wildman–Crippen LogP) is 7.42. The fourth-order valence-corrected chi connectivity index (χ4v) is 4.59. The number of nitrogens with zero attached hydrogens (tertiary/aromatic N) is 3. The summed E-state index contributed by atoms with van der Waals surface area (Å²) >= 11 is 7.43. The standard InChI is InChI=1S/C29H23ClN4O2S/c1-20-6-5-7-21(18-20)28-32-33-29(34(28)24-14-10-22(30)11-15-24)37-19-27(35)31-23-12-16-26(17-13-23)36-25-8-3-2-4-9-25/h2-18H,19H2,1H3,(H,31,35). The Morgan fingerprint density at radius 2 is 1.62 bits per heavy atom. The minimum absolute atomic E-state index is 0.149. The van der Waals surface area contributed by atoms with Crippen molar-refractivity contribution < 1.29 is 9.53 Å². The Kier molecular flexibility index (Phi) is 7.54. The maximum absolute atomic E-state index is 12.7. The van der Waals surface area contributed by atoms with Gasteiger partial charge in [0, 0.05) is 22.0 Å². The number of halogens is 1. The van der Waals surface area contributed by atoms with Gasteiger partial charge in [0.05, 0.1) is 5.75 Å². The van der Waals surface area contributed by atoms with Crippen molar-refractivity contribution in [3.05, 3.63) is 114 Å². The highest BCUT2D eigenvalue weighted by Gasteiger charge is 2.17. The molecule has 0 aliphatic heterocycles. The molecular formula is C29H23ClN4O2S. The van der Waals surface area contributed by atoms with E-state index >= 15 is 0 Å². The van der Waals surface area contributed by atoms with Crippen LogP contribution in [0, 0.1) is 6.92 Å². The van der Waals surface area contributed by atoms with Crippen LogP contribution < -0.4 is 10.1 Å². The largest absolute Gasteiger partial charge is 0.457 e. The van der Waals surface area contributed by atoms with Crippen LogP contribution in [0.4, 0.5) is 5.69 Å². The third-order valence-corrected chi connectivity index (χ3v) is 6.62. The Labute approximate surface area is 224 Å². The lowest BCUT2D eigenvalue weighted by atomic mass is 10.1. The van der Waals surface area contributed by atoms with Crippen LogP contribution in [0.5, 0.6) is 11.5 Å². The molecule has 8 heteroatoms. The van der Waals surface area contributed by atoms with E-state index in [0.29, 0.717) is 27.4 Å². The van der Waals surface area contributed by atoms with E-state index in [0.717, 1.165) is 22.6 Å². The van der Waals surface area contributed by atoms with Crippen molar-refractivity contribution >= 4 is 35.0 Å². The quantitative estimate of drug-likeness (QED) is 0.213. The Balaban J connectivity index is 1.29. The van der Waals surface area contributed by atoms with Crippen molar-refractivity contribution in [2.45, 2.75) is 12.1 Å². The van der Waals surface area contributed by atoms with Gasteiger partial charge in [-0.1, -0.05) is 65.3 Å². The summed E-state index contributed by atoms with van der Waals surface area (Å²) in [6.45, 7) is 2.03. The van der Waals surface area contributed by atoms with E-state index in [4.69, 9.17) is 16.3 Å². The third kappa shape index (κ3) is 6.20. The number of anilines is 1. The van der Waals surface area contributed by atoms with E-state index in [-0.39, 0.29) is 11.7 Å². The molecule has 1 aromatic heterocycles. The molecule has 5 aromatic rings. The van der Waals surface area contributed by atoms with Crippen molar-refractivity contribution in [1.29, 1.82) is 0 Å². The van der Waals surface area contributed by atoms with Gasteiger partial charge in [-0.2, -0.15) is 0 Å². The van der Waals surface area contributed by atoms with Crippen molar-refractivity contribution in [2.24, 2.45) is 0 Å². The molecule has 1 heterocycles. The number of thioether (sulfide) groups is 1. The lowest BCUT2D eigenvalue weighted by Gasteiger charge is -2.11. The second-order valence-electron chi connectivity index (χ2n) is 8.26. The molecule has 0 saturated heterocycles. The number of nitrogens with one attached hydrogen (secondary N) is 1. The average molecular weight is 527 g/mol. The highest BCUT2D eigenvalue weighted by atomic mass is 35.5. The Hall–Kier alpha value is -4.07. The molecule has 0 spiro atoms. The van der Waals surface area contributed by atoms with Gasteiger partial charge >= 0.3 is 0 Å². The number of hydrogen-bond acceptors (Lipinski definition) is 5. The molecule has 0 unspecified atom stereocenters. The molecule has 184 valence electrons. The summed E-state index contributed by atoms with van der Waals surface area (Å²) in [5.41, 5.74) is 3.61. The Bertz CT molecular complexity index is 1500. The van der Waals surface area contributed by atoms with E-state index in [1.54, 1.807) is 0 Å². The third-order valence-electron chi connectivity index (χ3n) is 5.44. The number of amides is 1. The van der Waals surface area contributed by atoms with E-state index in [1.165, 1.54) is 11.8 Å². The number of hydrogen-bond donors (Lipinski definition) is 1. The fourth-order valence-electron chi connectivity index (χ4n) is 3.72. The molecule has 0 radical (unpaired) electrons. The van der Waals surface area contributed by atoms with E-state index in [1.807, 2.05) is 109 Å². The van der Waals surface area contributed by atoms with Gasteiger partial charge in [0.2, 0.25) is 5.91 Å². The summed E-state index contributed by atoms with van der Waals surface area (Å²) in [5.74, 6) is 2.16. The minimum Gasteiger partial charge on any atom is -0.457 e. The number of aryl methyl sites for hydroxylation is 1. The molecular weight excluding hydrogens is 504 g/mol. The minimum atomic E-state index is -0.149. The molecule has 0 saturated carbocycles. The van der Waals surface area contributed by atoms with Gasteiger partial charge in [-0.3, -0.25) is 9.36 Å². The van der Waals surface area contributed by atoms with Gasteiger partial charge in [0.1, 0.15) is 11.5 Å². The molecule has 1 N–H and O–H groups in total. The SMILES string of the molecule is Cc1cccc(-c2nnc(SCC(=O)Nc3ccc(Oc4ccccc4)cc3)n2-c2ccc(Cl)cc2)c1. The predicted molar refractivity (Wildman–Crippen MR) is 149 cm³/mol. The molecule has 6 nitrogen and oxygen atoms in total. The highest BCUT2D eigenvalue weighted by molar-refractivity contribution is 7.99. The molecule has 37 heavy (non-hydrogen) atoms. The first-order valence-electron chi connectivity index (χ1n) is 11.6. The number of carbonyl (C=O) groups excluding carboxylic acids is 1. The smallest absolute Gasteiger partial charge is 0.234 e. The second-order valence-corrected chi connectivity index (χ2v) is 9.64. The summed E-state index contributed by atoms with van der Waals surface area (Å²) in [4.78, 5) is 12.7. The Morgan fingerprint density at radius 1 is 0.892 bits per heavy atom. The normalized spacial score (nSPS) is 10.8. The van der Waals surface area contributed by atoms with Crippen molar-refractivity contribution in [3.8, 4) is 28.6 Å².